The third kappa shape index (κ3) is 5.70. The molecule has 122 valence electrons. The highest BCUT2D eigenvalue weighted by Gasteiger charge is 2.17. The van der Waals surface area contributed by atoms with E-state index in [2.05, 4.69) is 19.2 Å². The standard InChI is InChI=1S/C12H12ClNO2.C5H13N/c1-8(14-7-15)11-4-2-9-6-10(13)3-5-12(9)16-11;1-4(2)5(3)6/h3-8H,2H2,1H3,(H,14,15);4-5H,6H2,1-3H3. The van der Waals surface area contributed by atoms with Gasteiger partial charge >= 0.3 is 0 Å². The number of hydrogen-bond acceptors (Lipinski definition) is 3. The second kappa shape index (κ2) is 8.81. The van der Waals surface area contributed by atoms with Crippen LogP contribution in [0.1, 0.15) is 33.3 Å². The largest absolute Gasteiger partial charge is 0.460 e. The normalized spacial score (nSPS) is 15.5. The molecule has 0 saturated carbocycles. The molecule has 0 bridgehead atoms. The second-order valence-electron chi connectivity index (χ2n) is 5.77. The topological polar surface area (TPSA) is 64.3 Å². The van der Waals surface area contributed by atoms with E-state index >= 15 is 0 Å². The number of amides is 1. The molecule has 22 heavy (non-hydrogen) atoms. The van der Waals surface area contributed by atoms with Gasteiger partial charge in [0, 0.05) is 16.6 Å². The van der Waals surface area contributed by atoms with Gasteiger partial charge in [-0.1, -0.05) is 25.4 Å². The molecule has 1 amide bonds. The van der Waals surface area contributed by atoms with Gasteiger partial charge in [-0.15, -0.1) is 0 Å². The van der Waals surface area contributed by atoms with Crippen LogP contribution in [0.15, 0.2) is 30.0 Å². The predicted molar refractivity (Wildman–Crippen MR) is 91.0 cm³/mol. The molecule has 1 aromatic rings. The van der Waals surface area contributed by atoms with E-state index in [1.807, 2.05) is 32.1 Å². The Morgan fingerprint density at radius 1 is 1.32 bits per heavy atom. The summed E-state index contributed by atoms with van der Waals surface area (Å²) in [6, 6.07) is 5.77. The van der Waals surface area contributed by atoms with Crippen LogP contribution in [0.3, 0.4) is 0 Å². The molecule has 1 aromatic carbocycles. The summed E-state index contributed by atoms with van der Waals surface area (Å²) in [5, 5.41) is 3.36. The van der Waals surface area contributed by atoms with Gasteiger partial charge in [0.25, 0.3) is 0 Å². The van der Waals surface area contributed by atoms with Crippen molar-refractivity contribution in [1.82, 2.24) is 5.32 Å². The molecule has 0 spiro atoms. The monoisotopic (exact) mass is 324 g/mol. The maximum absolute atomic E-state index is 10.3. The number of benzene rings is 1. The predicted octanol–water partition coefficient (Wildman–Crippen LogP) is 3.28. The number of carbonyl (C=O) groups is 1. The molecule has 2 rings (SSSR count). The van der Waals surface area contributed by atoms with Crippen molar-refractivity contribution >= 4 is 18.0 Å². The Bertz CT molecular complexity index is 521. The lowest BCUT2D eigenvalue weighted by molar-refractivity contribution is -0.110. The van der Waals surface area contributed by atoms with Crippen molar-refractivity contribution in [2.45, 2.75) is 46.2 Å². The van der Waals surface area contributed by atoms with Crippen molar-refractivity contribution in [2.75, 3.05) is 0 Å². The van der Waals surface area contributed by atoms with E-state index in [0.29, 0.717) is 23.4 Å². The Kier molecular flexibility index (Phi) is 7.42. The zero-order valence-corrected chi connectivity index (χ0v) is 14.4. The smallest absolute Gasteiger partial charge is 0.207 e. The number of hydrogen-bond donors (Lipinski definition) is 2. The third-order valence-corrected chi connectivity index (χ3v) is 3.80. The molecule has 4 nitrogen and oxygen atoms in total. The number of allylic oxidation sites excluding steroid dienone is 1. The van der Waals surface area contributed by atoms with E-state index < -0.39 is 0 Å². The average molecular weight is 325 g/mol. The van der Waals surface area contributed by atoms with Gasteiger partial charge in [0.15, 0.2) is 0 Å². The first-order chi connectivity index (χ1) is 10.3. The van der Waals surface area contributed by atoms with Crippen molar-refractivity contribution in [1.29, 1.82) is 0 Å². The summed E-state index contributed by atoms with van der Waals surface area (Å²) in [4.78, 5) is 10.3. The first kappa shape index (κ1) is 18.5. The lowest BCUT2D eigenvalue weighted by Gasteiger charge is -2.22. The number of nitrogens with two attached hydrogens (primary N) is 1. The lowest BCUT2D eigenvalue weighted by Crippen LogP contribution is -2.30. The summed E-state index contributed by atoms with van der Waals surface area (Å²) in [5.74, 6) is 2.20. The van der Waals surface area contributed by atoms with Crippen molar-refractivity contribution < 1.29 is 9.53 Å². The lowest BCUT2D eigenvalue weighted by atomic mass is 10.1. The summed E-state index contributed by atoms with van der Waals surface area (Å²) in [6.07, 6.45) is 3.40. The van der Waals surface area contributed by atoms with Crippen LogP contribution in [0.5, 0.6) is 5.75 Å². The summed E-state index contributed by atoms with van der Waals surface area (Å²) in [6.45, 7) is 8.13. The zero-order valence-electron chi connectivity index (χ0n) is 13.6. The number of halogens is 1. The van der Waals surface area contributed by atoms with E-state index in [1.165, 1.54) is 0 Å². The van der Waals surface area contributed by atoms with Crippen LogP contribution in [0.2, 0.25) is 5.02 Å². The first-order valence-corrected chi connectivity index (χ1v) is 7.84. The highest BCUT2D eigenvalue weighted by Crippen LogP contribution is 2.29. The van der Waals surface area contributed by atoms with Crippen molar-refractivity contribution in [3.63, 3.8) is 0 Å². The zero-order chi connectivity index (χ0) is 16.7. The van der Waals surface area contributed by atoms with Crippen LogP contribution < -0.4 is 15.8 Å². The highest BCUT2D eigenvalue weighted by molar-refractivity contribution is 6.30. The van der Waals surface area contributed by atoms with Crippen LogP contribution in [-0.4, -0.2) is 18.5 Å². The van der Waals surface area contributed by atoms with Gasteiger partial charge in [-0.2, -0.15) is 0 Å². The molecule has 0 fully saturated rings. The van der Waals surface area contributed by atoms with E-state index in [-0.39, 0.29) is 6.04 Å². The Balaban J connectivity index is 0.000000346. The minimum atomic E-state index is -0.110. The van der Waals surface area contributed by atoms with E-state index in [0.717, 1.165) is 23.5 Å². The number of nitrogens with one attached hydrogen (secondary N) is 1. The third-order valence-electron chi connectivity index (χ3n) is 3.57. The van der Waals surface area contributed by atoms with Crippen LogP contribution >= 0.6 is 11.6 Å². The van der Waals surface area contributed by atoms with E-state index in [4.69, 9.17) is 22.1 Å². The Hall–Kier alpha value is -1.52. The molecule has 1 aliphatic heterocycles. The van der Waals surface area contributed by atoms with Crippen molar-refractivity contribution in [3.8, 4) is 5.75 Å². The summed E-state index contributed by atoms with van der Waals surface area (Å²) < 4.78 is 5.68. The number of fused-ring (bicyclic) bond motifs is 1. The van der Waals surface area contributed by atoms with Gasteiger partial charge in [0.1, 0.15) is 11.5 Å². The Labute approximate surface area is 137 Å². The SMILES string of the molecule is CC(C)C(C)N.CC(NC=O)C1=CCc2cc(Cl)ccc2O1. The first-order valence-electron chi connectivity index (χ1n) is 7.46. The molecule has 0 aliphatic carbocycles. The van der Waals surface area contributed by atoms with Gasteiger partial charge in [-0.05, 0) is 50.5 Å². The molecule has 0 aromatic heterocycles. The van der Waals surface area contributed by atoms with Crippen molar-refractivity contribution in [3.05, 3.63) is 40.6 Å². The fourth-order valence-corrected chi connectivity index (χ4v) is 1.83. The minimum Gasteiger partial charge on any atom is -0.460 e. The molecule has 1 heterocycles. The van der Waals surface area contributed by atoms with Crippen molar-refractivity contribution in [2.24, 2.45) is 11.7 Å². The van der Waals surface area contributed by atoms with Gasteiger partial charge < -0.3 is 15.8 Å². The highest BCUT2D eigenvalue weighted by atomic mass is 35.5. The fraction of sp³-hybridized carbons (Fsp3) is 0.471. The Morgan fingerprint density at radius 3 is 2.50 bits per heavy atom. The number of carbonyl (C=O) groups excluding carboxylic acids is 1. The summed E-state index contributed by atoms with van der Waals surface area (Å²) in [7, 11) is 0. The van der Waals surface area contributed by atoms with E-state index in [1.54, 1.807) is 6.07 Å². The molecule has 3 N–H and O–H groups in total. The van der Waals surface area contributed by atoms with Crippen LogP contribution in [-0.2, 0) is 11.2 Å². The van der Waals surface area contributed by atoms with Gasteiger partial charge in [-0.3, -0.25) is 4.79 Å². The summed E-state index contributed by atoms with van der Waals surface area (Å²) in [5.41, 5.74) is 6.50. The summed E-state index contributed by atoms with van der Waals surface area (Å²) >= 11 is 5.89. The average Bonchev–Trinajstić information content (AvgIpc) is 2.47. The second-order valence-corrected chi connectivity index (χ2v) is 6.21. The quantitative estimate of drug-likeness (QED) is 0.835. The van der Waals surface area contributed by atoms with Gasteiger partial charge in [0.05, 0.1) is 6.04 Å². The molecule has 1 aliphatic rings. The molecule has 0 saturated heterocycles. The molecular weight excluding hydrogens is 300 g/mol. The minimum absolute atomic E-state index is 0.110. The van der Waals surface area contributed by atoms with Gasteiger partial charge in [-0.25, -0.2) is 0 Å². The maximum atomic E-state index is 10.3. The van der Waals surface area contributed by atoms with Crippen LogP contribution in [0, 0.1) is 5.92 Å². The Morgan fingerprint density at radius 2 is 1.95 bits per heavy atom. The van der Waals surface area contributed by atoms with E-state index in [9.17, 15) is 4.79 Å². The number of ether oxygens (including phenoxy) is 1. The fourth-order valence-electron chi connectivity index (χ4n) is 1.64. The van der Waals surface area contributed by atoms with Crippen LogP contribution in [0.4, 0.5) is 0 Å². The maximum Gasteiger partial charge on any atom is 0.207 e. The molecule has 2 atom stereocenters. The molecule has 2 unspecified atom stereocenters. The molecule has 0 radical (unpaired) electrons. The van der Waals surface area contributed by atoms with Gasteiger partial charge in [0.2, 0.25) is 6.41 Å². The number of rotatable bonds is 4. The molecule has 5 heteroatoms. The van der Waals surface area contributed by atoms with Crippen LogP contribution in [0.25, 0.3) is 0 Å². The molecular formula is C17H25ClN2O2.